The second-order valence-electron chi connectivity index (χ2n) is 8.95. The van der Waals surface area contributed by atoms with Gasteiger partial charge in [-0.25, -0.2) is 0 Å². The number of alkyl halides is 3. The molecular formula is C22H20BrF3N2O3. The van der Waals surface area contributed by atoms with E-state index in [1.807, 2.05) is 12.2 Å². The number of likely N-dealkylation sites (tertiary alicyclic amines) is 1. The van der Waals surface area contributed by atoms with Gasteiger partial charge in [0, 0.05) is 10.2 Å². The minimum absolute atomic E-state index is 0.0300. The molecule has 6 atom stereocenters. The van der Waals surface area contributed by atoms with Crippen molar-refractivity contribution in [1.82, 2.24) is 4.90 Å². The standard InChI is InChI=1S/C22H20BrF3N2O3/c1-9-10(2)16(6-5-15(9)23)27(21(31)22(24,25)26)8-28-19(29)17-11-3-4-12(14-7-13(11)14)18(17)20(28)30/h3-6,11-14,17-18H,7-8H2,1-2H3. The van der Waals surface area contributed by atoms with Crippen LogP contribution in [-0.2, 0) is 14.4 Å². The number of imide groups is 1. The van der Waals surface area contributed by atoms with E-state index in [0.717, 1.165) is 11.3 Å². The van der Waals surface area contributed by atoms with Crippen molar-refractivity contribution in [2.75, 3.05) is 11.6 Å². The van der Waals surface area contributed by atoms with Crippen molar-refractivity contribution in [2.45, 2.75) is 26.4 Å². The van der Waals surface area contributed by atoms with Crippen LogP contribution in [0.25, 0.3) is 0 Å². The Bertz CT molecular complexity index is 1020. The minimum atomic E-state index is -5.14. The number of amides is 3. The maximum Gasteiger partial charge on any atom is 0.471 e. The third-order valence-corrected chi connectivity index (χ3v) is 8.37. The van der Waals surface area contributed by atoms with E-state index in [1.165, 1.54) is 6.07 Å². The van der Waals surface area contributed by atoms with E-state index in [-0.39, 0.29) is 17.5 Å². The quantitative estimate of drug-likeness (QED) is 0.469. The topological polar surface area (TPSA) is 57.7 Å². The molecule has 3 fully saturated rings. The molecule has 1 aromatic rings. The molecule has 4 aliphatic carbocycles. The van der Waals surface area contributed by atoms with Gasteiger partial charge in [0.1, 0.15) is 6.67 Å². The molecule has 0 N–H and O–H groups in total. The first-order valence-electron chi connectivity index (χ1n) is 10.2. The van der Waals surface area contributed by atoms with E-state index < -0.39 is 42.4 Å². The highest BCUT2D eigenvalue weighted by Gasteiger charge is 2.67. The van der Waals surface area contributed by atoms with Gasteiger partial charge in [0.05, 0.1) is 11.8 Å². The van der Waals surface area contributed by atoms with Crippen LogP contribution in [0.15, 0.2) is 28.8 Å². The van der Waals surface area contributed by atoms with Crippen molar-refractivity contribution in [3.8, 4) is 0 Å². The Hall–Kier alpha value is -2.16. The van der Waals surface area contributed by atoms with Crippen LogP contribution in [0.4, 0.5) is 18.9 Å². The highest BCUT2D eigenvalue weighted by molar-refractivity contribution is 9.10. The number of benzene rings is 1. The molecule has 6 unspecified atom stereocenters. The van der Waals surface area contributed by atoms with E-state index >= 15 is 0 Å². The van der Waals surface area contributed by atoms with Gasteiger partial charge in [0.2, 0.25) is 11.8 Å². The summed E-state index contributed by atoms with van der Waals surface area (Å²) in [5, 5.41) is 0. The molecule has 2 saturated carbocycles. The third-order valence-electron chi connectivity index (χ3n) is 7.51. The normalized spacial score (nSPS) is 32.9. The number of halogens is 4. The van der Waals surface area contributed by atoms with E-state index in [9.17, 15) is 27.6 Å². The molecule has 31 heavy (non-hydrogen) atoms. The summed E-state index contributed by atoms with van der Waals surface area (Å²) < 4.78 is 41.0. The lowest BCUT2D eigenvalue weighted by Gasteiger charge is -2.37. The van der Waals surface area contributed by atoms with Crippen molar-refractivity contribution in [1.29, 1.82) is 0 Å². The first kappa shape index (κ1) is 20.7. The van der Waals surface area contributed by atoms with Gasteiger partial charge in [-0.3, -0.25) is 24.2 Å². The van der Waals surface area contributed by atoms with Gasteiger partial charge in [-0.15, -0.1) is 0 Å². The zero-order chi connectivity index (χ0) is 22.4. The Morgan fingerprint density at radius 3 is 2.13 bits per heavy atom. The molecule has 0 spiro atoms. The Morgan fingerprint density at radius 1 is 1.06 bits per heavy atom. The van der Waals surface area contributed by atoms with Crippen molar-refractivity contribution in [2.24, 2.45) is 35.5 Å². The van der Waals surface area contributed by atoms with Gasteiger partial charge < -0.3 is 0 Å². The molecule has 6 rings (SSSR count). The maximum atomic E-state index is 13.5. The van der Waals surface area contributed by atoms with Crippen LogP contribution in [0.1, 0.15) is 17.5 Å². The van der Waals surface area contributed by atoms with Crippen LogP contribution in [0, 0.1) is 49.4 Å². The highest BCUT2D eigenvalue weighted by Crippen LogP contribution is 2.65. The van der Waals surface area contributed by atoms with Crippen LogP contribution < -0.4 is 4.90 Å². The summed E-state index contributed by atoms with van der Waals surface area (Å²) in [5.41, 5.74) is 1.17. The summed E-state index contributed by atoms with van der Waals surface area (Å²) in [5.74, 6) is -3.39. The van der Waals surface area contributed by atoms with Gasteiger partial charge in [0.15, 0.2) is 0 Å². The van der Waals surface area contributed by atoms with Gasteiger partial charge >= 0.3 is 12.1 Å². The first-order chi connectivity index (χ1) is 14.5. The molecule has 5 nitrogen and oxygen atoms in total. The highest BCUT2D eigenvalue weighted by atomic mass is 79.9. The number of carbonyl (C=O) groups excluding carboxylic acids is 3. The second-order valence-corrected chi connectivity index (χ2v) is 9.80. The van der Waals surface area contributed by atoms with Gasteiger partial charge in [-0.1, -0.05) is 28.1 Å². The molecule has 1 aromatic carbocycles. The summed E-state index contributed by atoms with van der Waals surface area (Å²) >= 11 is 3.33. The zero-order valence-electron chi connectivity index (χ0n) is 16.8. The maximum absolute atomic E-state index is 13.5. The predicted octanol–water partition coefficient (Wildman–Crippen LogP) is 3.97. The van der Waals surface area contributed by atoms with Crippen LogP contribution in [0.3, 0.4) is 0 Å². The lowest BCUT2D eigenvalue weighted by molar-refractivity contribution is -0.171. The summed E-state index contributed by atoms with van der Waals surface area (Å²) in [4.78, 5) is 40.1. The lowest BCUT2D eigenvalue weighted by Crippen LogP contribution is -2.49. The largest absolute Gasteiger partial charge is 0.471 e. The van der Waals surface area contributed by atoms with E-state index in [4.69, 9.17) is 0 Å². The van der Waals surface area contributed by atoms with Crippen LogP contribution in [0.5, 0.6) is 0 Å². The molecule has 2 bridgehead atoms. The smallest absolute Gasteiger partial charge is 0.286 e. The summed E-state index contributed by atoms with van der Waals surface area (Å²) in [6, 6.07) is 2.95. The van der Waals surface area contributed by atoms with Crippen LogP contribution >= 0.6 is 15.9 Å². The van der Waals surface area contributed by atoms with Gasteiger partial charge in [-0.2, -0.15) is 13.2 Å². The van der Waals surface area contributed by atoms with Crippen molar-refractivity contribution < 1.29 is 27.6 Å². The zero-order valence-corrected chi connectivity index (χ0v) is 18.4. The Balaban J connectivity index is 1.51. The Labute approximate surface area is 185 Å². The molecule has 3 amide bonds. The SMILES string of the molecule is Cc1c(Br)ccc(N(CN2C(=O)C3C4C=CC(C5CC45)C3C2=O)C(=O)C(F)(F)F)c1C. The third kappa shape index (κ3) is 2.92. The Kier molecular flexibility index (Phi) is 4.46. The van der Waals surface area contributed by atoms with E-state index in [2.05, 4.69) is 15.9 Å². The summed E-state index contributed by atoms with van der Waals surface area (Å²) in [6.07, 6.45) is -0.161. The van der Waals surface area contributed by atoms with Crippen LogP contribution in [0.2, 0.25) is 0 Å². The number of rotatable bonds is 3. The molecule has 1 saturated heterocycles. The minimum Gasteiger partial charge on any atom is -0.286 e. The number of carbonyl (C=O) groups is 3. The fraction of sp³-hybridized carbons (Fsp3) is 0.500. The Morgan fingerprint density at radius 2 is 1.61 bits per heavy atom. The summed E-state index contributed by atoms with van der Waals surface area (Å²) in [7, 11) is 0. The molecule has 0 radical (unpaired) electrons. The lowest BCUT2D eigenvalue weighted by atomic mass is 9.63. The number of anilines is 1. The van der Waals surface area contributed by atoms with Gasteiger partial charge in [0.25, 0.3) is 0 Å². The molecule has 1 aliphatic heterocycles. The number of nitrogens with zero attached hydrogens (tertiary/aromatic N) is 2. The fourth-order valence-electron chi connectivity index (χ4n) is 5.77. The van der Waals surface area contributed by atoms with Crippen molar-refractivity contribution >= 4 is 39.3 Å². The number of allylic oxidation sites excluding steroid dienone is 2. The van der Waals surface area contributed by atoms with E-state index in [0.29, 0.717) is 32.3 Å². The number of hydrogen-bond acceptors (Lipinski definition) is 3. The van der Waals surface area contributed by atoms with E-state index in [1.54, 1.807) is 19.9 Å². The fourth-order valence-corrected chi connectivity index (χ4v) is 6.20. The van der Waals surface area contributed by atoms with Crippen molar-refractivity contribution in [3.05, 3.63) is 39.9 Å². The molecule has 0 aromatic heterocycles. The average molecular weight is 497 g/mol. The van der Waals surface area contributed by atoms with Gasteiger partial charge in [-0.05, 0) is 67.2 Å². The van der Waals surface area contributed by atoms with Crippen molar-refractivity contribution in [3.63, 3.8) is 0 Å². The molecule has 1 heterocycles. The first-order valence-corrected chi connectivity index (χ1v) is 11.0. The van der Waals surface area contributed by atoms with Crippen LogP contribution in [-0.4, -0.2) is 35.5 Å². The molecule has 164 valence electrons. The molecule has 5 aliphatic rings. The average Bonchev–Trinajstić information content (AvgIpc) is 3.50. The second kappa shape index (κ2) is 6.67. The molecule has 9 heteroatoms. The number of hydrogen-bond donors (Lipinski definition) is 0. The predicted molar refractivity (Wildman–Crippen MR) is 109 cm³/mol. The molecular weight excluding hydrogens is 477 g/mol. The monoisotopic (exact) mass is 496 g/mol. The summed E-state index contributed by atoms with van der Waals surface area (Å²) in [6.45, 7) is 2.59.